The summed E-state index contributed by atoms with van der Waals surface area (Å²) in [4.78, 5) is 11.4. The average Bonchev–Trinajstić information content (AvgIpc) is 2.18. The molecule has 0 saturated heterocycles. The monoisotopic (exact) mass is 320 g/mol. The van der Waals surface area contributed by atoms with Crippen molar-refractivity contribution in [2.24, 2.45) is 0 Å². The van der Waals surface area contributed by atoms with Gasteiger partial charge in [-0.15, -0.1) is 0 Å². The number of ether oxygens (including phenoxy) is 1. The minimum absolute atomic E-state index is 0.193. The van der Waals surface area contributed by atoms with Crippen LogP contribution in [0.3, 0.4) is 0 Å². The minimum Gasteiger partial charge on any atom is -0.462 e. The topological polar surface area (TPSA) is 26.3 Å². The van der Waals surface area contributed by atoms with Crippen molar-refractivity contribution < 1.29 is 9.53 Å². The largest absolute Gasteiger partial charge is 0.462 e. The summed E-state index contributed by atoms with van der Waals surface area (Å²) in [6.07, 6.45) is 0.749. The summed E-state index contributed by atoms with van der Waals surface area (Å²) in [5.74, 6) is -0.272. The third-order valence-electron chi connectivity index (χ3n) is 1.58. The molecule has 0 aliphatic carbocycles. The molecule has 0 amide bonds. The van der Waals surface area contributed by atoms with Crippen molar-refractivity contribution in [2.75, 3.05) is 6.61 Å². The van der Waals surface area contributed by atoms with Crippen molar-refractivity contribution in [1.29, 1.82) is 0 Å². The molecule has 0 aliphatic heterocycles. The molecule has 0 unspecified atom stereocenters. The third kappa shape index (κ3) is 4.24. The van der Waals surface area contributed by atoms with E-state index < -0.39 is 0 Å². The molecule has 0 bridgehead atoms. The van der Waals surface area contributed by atoms with E-state index >= 15 is 0 Å². The van der Waals surface area contributed by atoms with Crippen LogP contribution < -0.4 is 0 Å². The average molecular weight is 322 g/mol. The summed E-state index contributed by atoms with van der Waals surface area (Å²) in [5, 5.41) is 0. The van der Waals surface area contributed by atoms with Crippen LogP contribution in [0, 0.1) is 0 Å². The van der Waals surface area contributed by atoms with Crippen molar-refractivity contribution >= 4 is 37.8 Å². The van der Waals surface area contributed by atoms with Crippen LogP contribution in [-0.2, 0) is 4.74 Å². The van der Waals surface area contributed by atoms with Crippen molar-refractivity contribution in [3.05, 3.63) is 35.9 Å². The molecule has 0 heterocycles. The molecule has 4 heteroatoms. The van der Waals surface area contributed by atoms with Gasteiger partial charge in [-0.25, -0.2) is 4.79 Å². The summed E-state index contributed by atoms with van der Waals surface area (Å²) in [6, 6.07) is 8.97. The molecule has 0 atom stereocenters. The van der Waals surface area contributed by atoms with Crippen LogP contribution in [0.1, 0.15) is 16.8 Å². The van der Waals surface area contributed by atoms with E-state index in [0.717, 1.165) is 6.42 Å². The lowest BCUT2D eigenvalue weighted by Crippen LogP contribution is -2.07. The number of alkyl halides is 2. The summed E-state index contributed by atoms with van der Waals surface area (Å²) >= 11 is 6.61. The van der Waals surface area contributed by atoms with Gasteiger partial charge >= 0.3 is 5.97 Å². The second kappa shape index (κ2) is 6.19. The fourth-order valence-corrected chi connectivity index (χ4v) is 1.27. The van der Waals surface area contributed by atoms with Crippen LogP contribution in [0.15, 0.2) is 30.3 Å². The van der Waals surface area contributed by atoms with Crippen LogP contribution in [0.25, 0.3) is 0 Å². The molecule has 0 saturated carbocycles. The molecule has 1 aromatic rings. The first kappa shape index (κ1) is 11.7. The number of hydrogen-bond acceptors (Lipinski definition) is 2. The lowest BCUT2D eigenvalue weighted by atomic mass is 10.2. The van der Waals surface area contributed by atoms with Crippen LogP contribution in [0.2, 0.25) is 0 Å². The molecule has 14 heavy (non-hydrogen) atoms. The van der Waals surface area contributed by atoms with Crippen molar-refractivity contribution in [2.45, 2.75) is 10.2 Å². The second-order valence-electron chi connectivity index (χ2n) is 2.68. The van der Waals surface area contributed by atoms with E-state index in [1.807, 2.05) is 18.2 Å². The highest BCUT2D eigenvalue weighted by Gasteiger charge is 2.06. The highest BCUT2D eigenvalue weighted by molar-refractivity contribution is 9.24. The summed E-state index contributed by atoms with van der Waals surface area (Å²) < 4.78 is 5.23. The Morgan fingerprint density at radius 3 is 2.50 bits per heavy atom. The normalized spacial score (nSPS) is 10.2. The highest BCUT2D eigenvalue weighted by Crippen LogP contribution is 2.12. The zero-order valence-corrected chi connectivity index (χ0v) is 10.6. The zero-order chi connectivity index (χ0) is 10.4. The first-order valence-electron chi connectivity index (χ1n) is 4.20. The van der Waals surface area contributed by atoms with E-state index in [1.54, 1.807) is 12.1 Å². The Morgan fingerprint density at radius 2 is 1.93 bits per heavy atom. The van der Waals surface area contributed by atoms with E-state index in [-0.39, 0.29) is 9.71 Å². The first-order valence-corrected chi connectivity index (χ1v) is 6.03. The maximum Gasteiger partial charge on any atom is 0.338 e. The summed E-state index contributed by atoms with van der Waals surface area (Å²) in [7, 11) is 0. The number of carbonyl (C=O) groups is 1. The lowest BCUT2D eigenvalue weighted by Gasteiger charge is -2.04. The van der Waals surface area contributed by atoms with E-state index in [2.05, 4.69) is 31.9 Å². The number of hydrogen-bond donors (Lipinski definition) is 0. The zero-order valence-electron chi connectivity index (χ0n) is 7.45. The number of carbonyl (C=O) groups excluding carboxylic acids is 1. The van der Waals surface area contributed by atoms with Gasteiger partial charge in [0.1, 0.15) is 0 Å². The fraction of sp³-hybridized carbons (Fsp3) is 0.300. The Balaban J connectivity index is 2.36. The number of esters is 1. The van der Waals surface area contributed by atoms with E-state index in [1.165, 1.54) is 0 Å². The van der Waals surface area contributed by atoms with Gasteiger partial charge in [0.2, 0.25) is 0 Å². The Bertz CT molecular complexity index is 285. The lowest BCUT2D eigenvalue weighted by molar-refractivity contribution is 0.0505. The van der Waals surface area contributed by atoms with Gasteiger partial charge in [0.05, 0.1) is 15.9 Å². The van der Waals surface area contributed by atoms with Gasteiger partial charge < -0.3 is 4.74 Å². The molecule has 76 valence electrons. The van der Waals surface area contributed by atoms with Gasteiger partial charge in [0.15, 0.2) is 0 Å². The van der Waals surface area contributed by atoms with Crippen LogP contribution >= 0.6 is 31.9 Å². The van der Waals surface area contributed by atoms with Crippen LogP contribution in [0.5, 0.6) is 0 Å². The van der Waals surface area contributed by atoms with Crippen molar-refractivity contribution in [3.63, 3.8) is 0 Å². The quantitative estimate of drug-likeness (QED) is 0.628. The van der Waals surface area contributed by atoms with E-state index in [9.17, 15) is 4.79 Å². The Labute approximate surface area is 99.9 Å². The van der Waals surface area contributed by atoms with Crippen molar-refractivity contribution in [3.8, 4) is 0 Å². The van der Waals surface area contributed by atoms with E-state index in [0.29, 0.717) is 12.2 Å². The Kier molecular flexibility index (Phi) is 5.19. The molecule has 1 rings (SSSR count). The predicted molar refractivity (Wildman–Crippen MR) is 63.0 cm³/mol. The maximum absolute atomic E-state index is 11.4. The highest BCUT2D eigenvalue weighted by atomic mass is 79.9. The predicted octanol–water partition coefficient (Wildman–Crippen LogP) is 3.35. The minimum atomic E-state index is -0.272. The molecular formula is C10H10Br2O2. The standard InChI is InChI=1S/C10H10Br2O2/c11-9(12)6-7-14-10(13)8-4-2-1-3-5-8/h1-5,9H,6-7H2. The molecule has 0 radical (unpaired) electrons. The number of benzene rings is 1. The van der Waals surface area contributed by atoms with Gasteiger partial charge in [-0.3, -0.25) is 0 Å². The van der Waals surface area contributed by atoms with Crippen LogP contribution in [0.4, 0.5) is 0 Å². The van der Waals surface area contributed by atoms with Gasteiger partial charge in [-0.05, 0) is 12.1 Å². The molecule has 0 N–H and O–H groups in total. The fourth-order valence-electron chi connectivity index (χ4n) is 0.898. The maximum atomic E-state index is 11.4. The Hall–Kier alpha value is -0.350. The second-order valence-corrected chi connectivity index (χ2v) is 6.12. The summed E-state index contributed by atoms with van der Waals surface area (Å²) in [5.41, 5.74) is 0.591. The number of halogens is 2. The van der Waals surface area contributed by atoms with Gasteiger partial charge in [-0.2, -0.15) is 0 Å². The first-order chi connectivity index (χ1) is 6.70. The van der Waals surface area contributed by atoms with E-state index in [4.69, 9.17) is 4.74 Å². The smallest absolute Gasteiger partial charge is 0.338 e. The summed E-state index contributed by atoms with van der Waals surface area (Å²) in [6.45, 7) is 0.412. The molecule has 0 spiro atoms. The van der Waals surface area contributed by atoms with Gasteiger partial charge in [-0.1, -0.05) is 50.1 Å². The number of rotatable bonds is 4. The van der Waals surface area contributed by atoms with Gasteiger partial charge in [0.25, 0.3) is 0 Å². The molecule has 0 fully saturated rings. The third-order valence-corrected chi connectivity index (χ3v) is 2.49. The molecule has 1 aromatic carbocycles. The molecule has 0 aromatic heterocycles. The molecular weight excluding hydrogens is 312 g/mol. The van der Waals surface area contributed by atoms with Gasteiger partial charge in [0, 0.05) is 6.42 Å². The SMILES string of the molecule is O=C(OCCC(Br)Br)c1ccccc1. The molecule has 2 nitrogen and oxygen atoms in total. The molecule has 0 aliphatic rings. The Morgan fingerprint density at radius 1 is 1.29 bits per heavy atom. The van der Waals surface area contributed by atoms with Crippen LogP contribution in [-0.4, -0.2) is 16.3 Å². The van der Waals surface area contributed by atoms with Crippen molar-refractivity contribution in [1.82, 2.24) is 0 Å².